The first kappa shape index (κ1) is 21.8. The Hall–Kier alpha value is -1.92. The number of benzene rings is 1. The average molecular weight is 401 g/mol. The molecule has 2 fully saturated rings. The maximum absolute atomic E-state index is 12.7. The minimum Gasteiger partial charge on any atom is -0.352 e. The third kappa shape index (κ3) is 6.54. The van der Waals surface area contributed by atoms with Crippen LogP contribution < -0.4 is 5.32 Å². The fourth-order valence-electron chi connectivity index (χ4n) is 4.22. The van der Waals surface area contributed by atoms with Crippen LogP contribution in [0.1, 0.15) is 44.6 Å². The second kappa shape index (κ2) is 10.7. The zero-order valence-corrected chi connectivity index (χ0v) is 18.0. The molecule has 160 valence electrons. The highest BCUT2D eigenvalue weighted by Crippen LogP contribution is 2.17. The Balaban J connectivity index is 1.39. The molecule has 1 N–H and O–H groups in total. The molecule has 1 saturated carbocycles. The van der Waals surface area contributed by atoms with Crippen molar-refractivity contribution in [3.8, 4) is 0 Å². The Morgan fingerprint density at radius 1 is 1.07 bits per heavy atom. The molecule has 1 aliphatic carbocycles. The number of rotatable bonds is 7. The molecule has 2 aliphatic rings. The van der Waals surface area contributed by atoms with Crippen molar-refractivity contribution < 1.29 is 9.59 Å². The number of hydrogen-bond acceptors (Lipinski definition) is 4. The van der Waals surface area contributed by atoms with E-state index in [0.29, 0.717) is 6.04 Å². The van der Waals surface area contributed by atoms with Crippen LogP contribution in [0.15, 0.2) is 30.3 Å². The summed E-state index contributed by atoms with van der Waals surface area (Å²) in [6.07, 6.45) is 5.82. The molecule has 29 heavy (non-hydrogen) atoms. The normalized spacial score (nSPS) is 19.9. The van der Waals surface area contributed by atoms with Crippen LogP contribution in [-0.2, 0) is 16.1 Å². The molecule has 1 atom stereocenters. The van der Waals surface area contributed by atoms with Crippen LogP contribution in [0.3, 0.4) is 0 Å². The number of carbonyl (C=O) groups excluding carboxylic acids is 2. The lowest BCUT2D eigenvalue weighted by atomic mass is 9.95. The monoisotopic (exact) mass is 400 g/mol. The van der Waals surface area contributed by atoms with E-state index in [-0.39, 0.29) is 24.4 Å². The van der Waals surface area contributed by atoms with E-state index >= 15 is 0 Å². The van der Waals surface area contributed by atoms with Crippen LogP contribution in [0.25, 0.3) is 0 Å². The SMILES string of the molecule is CC(C(=O)NC1CCCCC1)N(C)CC(=O)N1CCN(Cc2ccccc2)CC1. The Morgan fingerprint density at radius 2 is 1.72 bits per heavy atom. The van der Waals surface area contributed by atoms with Gasteiger partial charge >= 0.3 is 0 Å². The van der Waals surface area contributed by atoms with Crippen molar-refractivity contribution in [2.45, 2.75) is 57.7 Å². The number of nitrogens with one attached hydrogen (secondary N) is 1. The average Bonchev–Trinajstić information content (AvgIpc) is 2.75. The molecule has 6 heteroatoms. The van der Waals surface area contributed by atoms with Crippen molar-refractivity contribution in [2.75, 3.05) is 39.8 Å². The molecule has 2 amide bonds. The Kier molecular flexibility index (Phi) is 8.07. The van der Waals surface area contributed by atoms with Gasteiger partial charge in [0.25, 0.3) is 0 Å². The largest absolute Gasteiger partial charge is 0.352 e. The van der Waals surface area contributed by atoms with Crippen molar-refractivity contribution >= 4 is 11.8 Å². The number of likely N-dealkylation sites (N-methyl/N-ethyl adjacent to an activating group) is 1. The third-order valence-corrected chi connectivity index (χ3v) is 6.35. The van der Waals surface area contributed by atoms with Gasteiger partial charge in [-0.25, -0.2) is 0 Å². The summed E-state index contributed by atoms with van der Waals surface area (Å²) in [5.41, 5.74) is 1.31. The molecule has 0 radical (unpaired) electrons. The van der Waals surface area contributed by atoms with Crippen LogP contribution in [-0.4, -0.2) is 78.4 Å². The highest BCUT2D eigenvalue weighted by molar-refractivity contribution is 5.83. The lowest BCUT2D eigenvalue weighted by Crippen LogP contribution is -2.53. The smallest absolute Gasteiger partial charge is 0.237 e. The molecule has 3 rings (SSSR count). The zero-order chi connectivity index (χ0) is 20.6. The molecule has 1 heterocycles. The number of nitrogens with zero attached hydrogens (tertiary/aromatic N) is 3. The molecule has 1 unspecified atom stereocenters. The first-order chi connectivity index (χ1) is 14.0. The second-order valence-corrected chi connectivity index (χ2v) is 8.58. The Labute approximate surface area is 175 Å². The van der Waals surface area contributed by atoms with Gasteiger partial charge in [0.05, 0.1) is 12.6 Å². The van der Waals surface area contributed by atoms with Gasteiger partial charge in [0.2, 0.25) is 11.8 Å². The highest BCUT2D eigenvalue weighted by atomic mass is 16.2. The summed E-state index contributed by atoms with van der Waals surface area (Å²) >= 11 is 0. The first-order valence-corrected chi connectivity index (χ1v) is 11.1. The van der Waals surface area contributed by atoms with Gasteiger partial charge in [-0.3, -0.25) is 19.4 Å². The summed E-state index contributed by atoms with van der Waals surface area (Å²) in [5, 5.41) is 3.17. The standard InChI is InChI=1S/C23H36N4O2/c1-19(23(29)24-21-11-7-4-8-12-21)25(2)18-22(28)27-15-13-26(14-16-27)17-20-9-5-3-6-10-20/h3,5-6,9-10,19,21H,4,7-8,11-18H2,1-2H3,(H,24,29). The van der Waals surface area contributed by atoms with E-state index < -0.39 is 0 Å². The Morgan fingerprint density at radius 3 is 2.38 bits per heavy atom. The summed E-state index contributed by atoms with van der Waals surface area (Å²) in [6, 6.07) is 10.5. The third-order valence-electron chi connectivity index (χ3n) is 6.35. The van der Waals surface area contributed by atoms with Gasteiger partial charge in [-0.05, 0) is 32.4 Å². The fraction of sp³-hybridized carbons (Fsp3) is 0.652. The summed E-state index contributed by atoms with van der Waals surface area (Å²) in [6.45, 7) is 6.40. The highest BCUT2D eigenvalue weighted by Gasteiger charge is 2.26. The van der Waals surface area contributed by atoms with Crippen molar-refractivity contribution in [2.24, 2.45) is 0 Å². The number of amides is 2. The van der Waals surface area contributed by atoms with E-state index in [1.54, 1.807) is 0 Å². The maximum Gasteiger partial charge on any atom is 0.237 e. The van der Waals surface area contributed by atoms with Gasteiger partial charge in [0.1, 0.15) is 0 Å². The van der Waals surface area contributed by atoms with E-state index in [9.17, 15) is 9.59 Å². The van der Waals surface area contributed by atoms with Crippen LogP contribution in [0, 0.1) is 0 Å². The predicted octanol–water partition coefficient (Wildman–Crippen LogP) is 2.10. The lowest BCUT2D eigenvalue weighted by molar-refractivity contribution is -0.135. The molecule has 1 aliphatic heterocycles. The second-order valence-electron chi connectivity index (χ2n) is 8.58. The number of piperazine rings is 1. The molecular formula is C23H36N4O2. The molecule has 1 aromatic rings. The number of hydrogen-bond donors (Lipinski definition) is 1. The number of carbonyl (C=O) groups is 2. The van der Waals surface area contributed by atoms with Crippen molar-refractivity contribution in [3.05, 3.63) is 35.9 Å². The van der Waals surface area contributed by atoms with Crippen LogP contribution in [0.2, 0.25) is 0 Å². The van der Waals surface area contributed by atoms with E-state index in [1.165, 1.54) is 24.8 Å². The van der Waals surface area contributed by atoms with Crippen molar-refractivity contribution in [1.82, 2.24) is 20.0 Å². The summed E-state index contributed by atoms with van der Waals surface area (Å²) in [4.78, 5) is 31.5. The summed E-state index contributed by atoms with van der Waals surface area (Å²) in [5.74, 6) is 0.157. The van der Waals surface area contributed by atoms with Crippen molar-refractivity contribution in [3.63, 3.8) is 0 Å². The molecular weight excluding hydrogens is 364 g/mol. The fourth-order valence-corrected chi connectivity index (χ4v) is 4.22. The molecule has 1 saturated heterocycles. The molecule has 1 aromatic carbocycles. The summed E-state index contributed by atoms with van der Waals surface area (Å²) in [7, 11) is 1.87. The maximum atomic E-state index is 12.7. The summed E-state index contributed by atoms with van der Waals surface area (Å²) < 4.78 is 0. The van der Waals surface area contributed by atoms with Gasteiger partial charge in [0.15, 0.2) is 0 Å². The first-order valence-electron chi connectivity index (χ1n) is 11.1. The van der Waals surface area contributed by atoms with Crippen LogP contribution in [0.5, 0.6) is 0 Å². The van der Waals surface area contributed by atoms with Crippen LogP contribution in [0.4, 0.5) is 0 Å². The zero-order valence-electron chi connectivity index (χ0n) is 18.0. The topological polar surface area (TPSA) is 55.9 Å². The molecule has 0 spiro atoms. The molecule has 0 aromatic heterocycles. The minimum atomic E-state index is -0.291. The Bertz CT molecular complexity index is 652. The van der Waals surface area contributed by atoms with Crippen LogP contribution >= 0.6 is 0 Å². The molecule has 6 nitrogen and oxygen atoms in total. The quantitative estimate of drug-likeness (QED) is 0.762. The van der Waals surface area contributed by atoms with Gasteiger partial charge in [0, 0.05) is 38.8 Å². The van der Waals surface area contributed by atoms with Gasteiger partial charge < -0.3 is 10.2 Å². The lowest BCUT2D eigenvalue weighted by Gasteiger charge is -2.36. The van der Waals surface area contributed by atoms with E-state index in [4.69, 9.17) is 0 Å². The van der Waals surface area contributed by atoms with E-state index in [0.717, 1.165) is 45.6 Å². The van der Waals surface area contributed by atoms with Gasteiger partial charge in [-0.15, -0.1) is 0 Å². The minimum absolute atomic E-state index is 0.0416. The predicted molar refractivity (Wildman–Crippen MR) is 115 cm³/mol. The van der Waals surface area contributed by atoms with E-state index in [2.05, 4.69) is 34.5 Å². The van der Waals surface area contributed by atoms with Gasteiger partial charge in [-0.2, -0.15) is 0 Å². The van der Waals surface area contributed by atoms with Crippen molar-refractivity contribution in [1.29, 1.82) is 0 Å². The molecule has 0 bridgehead atoms. The van der Waals surface area contributed by atoms with E-state index in [1.807, 2.05) is 29.8 Å². The van der Waals surface area contributed by atoms with Gasteiger partial charge in [-0.1, -0.05) is 49.6 Å².